The fourth-order valence-corrected chi connectivity index (χ4v) is 2.84. The molecule has 0 amide bonds. The van der Waals surface area contributed by atoms with Crippen LogP contribution in [0.1, 0.15) is 12.5 Å². The topological polar surface area (TPSA) is 67.1 Å². The lowest BCUT2D eigenvalue weighted by Crippen LogP contribution is -2.20. The normalized spacial score (nSPS) is 10.6. The molecule has 3 aromatic rings. The molecule has 0 saturated carbocycles. The number of nitrogens with one attached hydrogen (secondary N) is 1. The summed E-state index contributed by atoms with van der Waals surface area (Å²) in [6.45, 7) is 4.75. The summed E-state index contributed by atoms with van der Waals surface area (Å²) in [6, 6.07) is 12.4. The van der Waals surface area contributed by atoms with Crippen LogP contribution in [0.3, 0.4) is 0 Å². The summed E-state index contributed by atoms with van der Waals surface area (Å²) in [5.41, 5.74) is 9.44. The highest BCUT2D eigenvalue weighted by molar-refractivity contribution is 6.31. The second kappa shape index (κ2) is 7.58. The van der Waals surface area contributed by atoms with Crippen molar-refractivity contribution in [2.24, 2.45) is 0 Å². The van der Waals surface area contributed by atoms with Gasteiger partial charge in [0.1, 0.15) is 17.8 Å². The second-order valence-corrected chi connectivity index (χ2v) is 6.20. The predicted molar refractivity (Wildman–Crippen MR) is 105 cm³/mol. The van der Waals surface area contributed by atoms with Gasteiger partial charge >= 0.3 is 0 Å². The second-order valence-electron chi connectivity index (χ2n) is 5.80. The van der Waals surface area contributed by atoms with Gasteiger partial charge in [-0.05, 0) is 49.7 Å². The van der Waals surface area contributed by atoms with Crippen LogP contribution in [0.15, 0.2) is 48.8 Å². The Labute approximate surface area is 156 Å². The van der Waals surface area contributed by atoms with Crippen LogP contribution in [0.25, 0.3) is 0 Å². The number of nitrogens with zero attached hydrogens (tertiary/aromatic N) is 3. The number of aromatic nitrogens is 2. The molecule has 0 saturated heterocycles. The van der Waals surface area contributed by atoms with Gasteiger partial charge in [0, 0.05) is 17.9 Å². The average Bonchev–Trinajstić information content (AvgIpc) is 2.62. The van der Waals surface area contributed by atoms with Crippen molar-refractivity contribution >= 4 is 40.3 Å². The summed E-state index contributed by atoms with van der Waals surface area (Å²) >= 11 is 5.83. The van der Waals surface area contributed by atoms with E-state index in [1.54, 1.807) is 6.07 Å². The van der Waals surface area contributed by atoms with Crippen LogP contribution in [0.2, 0.25) is 5.02 Å². The Bertz CT molecular complexity index is 932. The van der Waals surface area contributed by atoms with E-state index < -0.39 is 5.82 Å². The van der Waals surface area contributed by atoms with Gasteiger partial charge < -0.3 is 16.0 Å². The summed E-state index contributed by atoms with van der Waals surface area (Å²) < 4.78 is 13.3. The van der Waals surface area contributed by atoms with Crippen molar-refractivity contribution in [1.29, 1.82) is 0 Å². The molecule has 1 aromatic heterocycles. The molecule has 26 heavy (non-hydrogen) atoms. The lowest BCUT2D eigenvalue weighted by atomic mass is 10.2. The van der Waals surface area contributed by atoms with Crippen molar-refractivity contribution in [2.75, 3.05) is 22.5 Å². The number of benzene rings is 2. The minimum atomic E-state index is -0.481. The molecular formula is C19H19ClFN5. The minimum absolute atomic E-state index is 0.0257. The first-order valence-electron chi connectivity index (χ1n) is 8.16. The molecule has 7 heteroatoms. The first-order chi connectivity index (χ1) is 12.5. The van der Waals surface area contributed by atoms with Gasteiger partial charge in [-0.2, -0.15) is 0 Å². The fourth-order valence-electron chi connectivity index (χ4n) is 2.66. The lowest BCUT2D eigenvalue weighted by Gasteiger charge is -2.24. The zero-order valence-electron chi connectivity index (χ0n) is 14.5. The number of halogens is 2. The quantitative estimate of drug-likeness (QED) is 0.656. The van der Waals surface area contributed by atoms with Crippen LogP contribution in [0.5, 0.6) is 0 Å². The summed E-state index contributed by atoms with van der Waals surface area (Å²) in [6.07, 6.45) is 1.44. The Hall–Kier alpha value is -2.86. The highest BCUT2D eigenvalue weighted by Crippen LogP contribution is 2.33. The molecule has 0 fully saturated rings. The smallest absolute Gasteiger partial charge is 0.161 e. The van der Waals surface area contributed by atoms with Gasteiger partial charge in [-0.3, -0.25) is 0 Å². The summed E-state index contributed by atoms with van der Waals surface area (Å²) in [7, 11) is 0. The summed E-state index contributed by atoms with van der Waals surface area (Å²) in [4.78, 5) is 10.6. The molecule has 0 radical (unpaired) electrons. The van der Waals surface area contributed by atoms with Gasteiger partial charge in [0.2, 0.25) is 0 Å². The van der Waals surface area contributed by atoms with Gasteiger partial charge in [-0.25, -0.2) is 14.4 Å². The third-order valence-corrected chi connectivity index (χ3v) is 4.22. The SMILES string of the molecule is CCN(c1cccc(C)c1)c1ncnc(Nc2ccc(F)c(Cl)c2)c1N. The van der Waals surface area contributed by atoms with E-state index in [1.165, 1.54) is 18.5 Å². The van der Waals surface area contributed by atoms with E-state index in [2.05, 4.69) is 21.4 Å². The zero-order valence-corrected chi connectivity index (χ0v) is 15.3. The number of rotatable bonds is 5. The van der Waals surface area contributed by atoms with E-state index in [-0.39, 0.29) is 5.02 Å². The van der Waals surface area contributed by atoms with Crippen molar-refractivity contribution in [1.82, 2.24) is 9.97 Å². The average molecular weight is 372 g/mol. The molecule has 0 aliphatic carbocycles. The van der Waals surface area contributed by atoms with E-state index in [9.17, 15) is 4.39 Å². The maximum absolute atomic E-state index is 13.3. The molecule has 0 bridgehead atoms. The number of anilines is 5. The Kier molecular flexibility index (Phi) is 5.23. The number of aryl methyl sites for hydroxylation is 1. The monoisotopic (exact) mass is 371 g/mol. The van der Waals surface area contributed by atoms with E-state index >= 15 is 0 Å². The number of nitrogen functional groups attached to an aromatic ring is 1. The maximum atomic E-state index is 13.3. The maximum Gasteiger partial charge on any atom is 0.161 e. The molecule has 2 aromatic carbocycles. The van der Waals surface area contributed by atoms with Gasteiger partial charge in [-0.1, -0.05) is 23.7 Å². The highest BCUT2D eigenvalue weighted by atomic mass is 35.5. The largest absolute Gasteiger partial charge is 0.393 e. The minimum Gasteiger partial charge on any atom is -0.393 e. The van der Waals surface area contributed by atoms with E-state index in [0.717, 1.165) is 11.3 Å². The third kappa shape index (κ3) is 3.70. The first kappa shape index (κ1) is 17.9. The summed E-state index contributed by atoms with van der Waals surface area (Å²) in [5.74, 6) is 0.553. The molecule has 0 atom stereocenters. The van der Waals surface area contributed by atoms with Gasteiger partial charge in [0.15, 0.2) is 11.6 Å². The Morgan fingerprint density at radius 3 is 2.69 bits per heavy atom. The predicted octanol–water partition coefficient (Wildman–Crippen LogP) is 5.06. The van der Waals surface area contributed by atoms with Crippen LogP contribution in [-0.4, -0.2) is 16.5 Å². The molecule has 0 aliphatic rings. The number of nitrogens with two attached hydrogens (primary N) is 1. The molecule has 0 spiro atoms. The molecular weight excluding hydrogens is 353 g/mol. The molecule has 1 heterocycles. The molecule has 3 rings (SSSR count). The first-order valence-corrected chi connectivity index (χ1v) is 8.54. The van der Waals surface area contributed by atoms with Crippen molar-refractivity contribution in [3.63, 3.8) is 0 Å². The molecule has 0 unspecified atom stereocenters. The number of hydrogen-bond acceptors (Lipinski definition) is 5. The van der Waals surface area contributed by atoms with Gasteiger partial charge in [0.25, 0.3) is 0 Å². The Morgan fingerprint density at radius 1 is 1.19 bits per heavy atom. The van der Waals surface area contributed by atoms with E-state index in [4.69, 9.17) is 17.3 Å². The lowest BCUT2D eigenvalue weighted by molar-refractivity contribution is 0.628. The van der Waals surface area contributed by atoms with Crippen molar-refractivity contribution < 1.29 is 4.39 Å². The standard InChI is InChI=1S/C19H19ClFN5/c1-3-26(14-6-4-5-12(2)9-14)19-17(22)18(23-11-24-19)25-13-7-8-16(21)15(20)10-13/h4-11H,3,22H2,1-2H3,(H,23,24,25). The van der Waals surface area contributed by atoms with Gasteiger partial charge in [0.05, 0.1) is 5.02 Å². The molecule has 134 valence electrons. The molecule has 3 N–H and O–H groups in total. The Balaban J connectivity index is 1.96. The third-order valence-electron chi connectivity index (χ3n) is 3.93. The van der Waals surface area contributed by atoms with E-state index in [1.807, 2.05) is 36.9 Å². The number of hydrogen-bond donors (Lipinski definition) is 2. The zero-order chi connectivity index (χ0) is 18.7. The van der Waals surface area contributed by atoms with Gasteiger partial charge in [-0.15, -0.1) is 0 Å². The van der Waals surface area contributed by atoms with Crippen molar-refractivity contribution in [2.45, 2.75) is 13.8 Å². The van der Waals surface area contributed by atoms with Crippen molar-refractivity contribution in [3.05, 3.63) is 65.2 Å². The molecule has 0 aliphatic heterocycles. The summed E-state index contributed by atoms with van der Waals surface area (Å²) in [5, 5.41) is 3.09. The van der Waals surface area contributed by atoms with Crippen LogP contribution in [-0.2, 0) is 0 Å². The van der Waals surface area contributed by atoms with Crippen LogP contribution in [0.4, 0.5) is 33.1 Å². The van der Waals surface area contributed by atoms with Crippen LogP contribution < -0.4 is 16.0 Å². The van der Waals surface area contributed by atoms with Crippen LogP contribution >= 0.6 is 11.6 Å². The van der Waals surface area contributed by atoms with Crippen LogP contribution in [0, 0.1) is 12.7 Å². The van der Waals surface area contributed by atoms with E-state index in [0.29, 0.717) is 29.6 Å². The fraction of sp³-hybridized carbons (Fsp3) is 0.158. The Morgan fingerprint density at radius 2 is 2.00 bits per heavy atom. The molecule has 5 nitrogen and oxygen atoms in total. The van der Waals surface area contributed by atoms with Crippen molar-refractivity contribution in [3.8, 4) is 0 Å². The highest BCUT2D eigenvalue weighted by Gasteiger charge is 2.16.